The Kier molecular flexibility index (Phi) is 7.40. The normalized spacial score (nSPS) is 11.0. The summed E-state index contributed by atoms with van der Waals surface area (Å²) in [6, 6.07) is 18.0. The topological polar surface area (TPSA) is 95.6 Å². The lowest BCUT2D eigenvalue weighted by Gasteiger charge is -2.19. The SMILES string of the molecule is Cc1ccc(NS(=O)(=O)c2ccc(C)c(C(=O)N(C)CC(=O)Nc3ccccc3Cl)c2)cc1. The van der Waals surface area contributed by atoms with E-state index in [0.717, 1.165) is 5.56 Å². The molecule has 9 heteroatoms. The number of halogens is 1. The minimum absolute atomic E-state index is 0.0501. The van der Waals surface area contributed by atoms with Gasteiger partial charge in [0.1, 0.15) is 0 Å². The van der Waals surface area contributed by atoms with Gasteiger partial charge in [0.25, 0.3) is 15.9 Å². The number of sulfonamides is 1. The maximum absolute atomic E-state index is 13.0. The molecule has 2 amide bonds. The predicted molar refractivity (Wildman–Crippen MR) is 130 cm³/mol. The van der Waals surface area contributed by atoms with E-state index >= 15 is 0 Å². The Morgan fingerprint density at radius 2 is 1.64 bits per heavy atom. The third-order valence-electron chi connectivity index (χ3n) is 4.93. The van der Waals surface area contributed by atoms with E-state index in [9.17, 15) is 18.0 Å². The van der Waals surface area contributed by atoms with Crippen molar-refractivity contribution in [3.63, 3.8) is 0 Å². The van der Waals surface area contributed by atoms with E-state index in [-0.39, 0.29) is 17.0 Å². The zero-order valence-electron chi connectivity index (χ0n) is 18.4. The van der Waals surface area contributed by atoms with Gasteiger partial charge in [0.15, 0.2) is 0 Å². The van der Waals surface area contributed by atoms with Crippen LogP contribution in [0.5, 0.6) is 0 Å². The highest BCUT2D eigenvalue weighted by Crippen LogP contribution is 2.22. The van der Waals surface area contributed by atoms with Gasteiger partial charge in [0, 0.05) is 18.3 Å². The van der Waals surface area contributed by atoms with Gasteiger partial charge in [0.2, 0.25) is 5.91 Å². The Labute approximate surface area is 198 Å². The van der Waals surface area contributed by atoms with Crippen molar-refractivity contribution in [1.82, 2.24) is 4.90 Å². The van der Waals surface area contributed by atoms with Crippen molar-refractivity contribution in [3.05, 3.63) is 88.4 Å². The molecule has 3 aromatic carbocycles. The Bertz CT molecular complexity index is 1290. The molecule has 0 aliphatic rings. The first-order valence-corrected chi connectivity index (χ1v) is 11.9. The van der Waals surface area contributed by atoms with Crippen molar-refractivity contribution in [2.75, 3.05) is 23.6 Å². The average Bonchev–Trinajstić information content (AvgIpc) is 2.76. The second kappa shape index (κ2) is 10.1. The van der Waals surface area contributed by atoms with Gasteiger partial charge in [-0.1, -0.05) is 47.5 Å². The highest BCUT2D eigenvalue weighted by atomic mass is 35.5. The molecule has 0 aliphatic carbocycles. The van der Waals surface area contributed by atoms with Crippen LogP contribution in [0.25, 0.3) is 0 Å². The molecule has 0 bridgehead atoms. The minimum atomic E-state index is -3.91. The molecule has 0 radical (unpaired) electrons. The second-order valence-electron chi connectivity index (χ2n) is 7.64. The van der Waals surface area contributed by atoms with Gasteiger partial charge in [0.05, 0.1) is 22.2 Å². The van der Waals surface area contributed by atoms with Crippen LogP contribution in [-0.2, 0) is 14.8 Å². The molecule has 0 aliphatic heterocycles. The molecule has 0 heterocycles. The zero-order valence-corrected chi connectivity index (χ0v) is 20.0. The second-order valence-corrected chi connectivity index (χ2v) is 9.73. The molecule has 0 spiro atoms. The molecule has 33 heavy (non-hydrogen) atoms. The largest absolute Gasteiger partial charge is 0.332 e. The van der Waals surface area contributed by atoms with E-state index in [2.05, 4.69) is 10.0 Å². The molecule has 0 aromatic heterocycles. The van der Waals surface area contributed by atoms with Gasteiger partial charge >= 0.3 is 0 Å². The maximum Gasteiger partial charge on any atom is 0.261 e. The first-order chi connectivity index (χ1) is 15.6. The number of aryl methyl sites for hydroxylation is 2. The van der Waals surface area contributed by atoms with Crippen LogP contribution in [0.3, 0.4) is 0 Å². The van der Waals surface area contributed by atoms with Gasteiger partial charge in [-0.15, -0.1) is 0 Å². The lowest BCUT2D eigenvalue weighted by Crippen LogP contribution is -2.35. The fraction of sp³-hybridized carbons (Fsp3) is 0.167. The van der Waals surface area contributed by atoms with Crippen LogP contribution in [0.2, 0.25) is 5.02 Å². The first kappa shape index (κ1) is 24.3. The van der Waals surface area contributed by atoms with Crippen LogP contribution >= 0.6 is 11.6 Å². The number of hydrogen-bond donors (Lipinski definition) is 2. The number of carbonyl (C=O) groups excluding carboxylic acids is 2. The number of anilines is 2. The number of para-hydroxylation sites is 1. The molecule has 172 valence electrons. The van der Waals surface area contributed by atoms with E-state index in [0.29, 0.717) is 22.0 Å². The van der Waals surface area contributed by atoms with Crippen molar-refractivity contribution in [3.8, 4) is 0 Å². The predicted octanol–water partition coefficient (Wildman–Crippen LogP) is 4.47. The van der Waals surface area contributed by atoms with Crippen molar-refractivity contribution >= 4 is 44.8 Å². The third-order valence-corrected chi connectivity index (χ3v) is 6.64. The molecule has 0 atom stereocenters. The number of nitrogens with one attached hydrogen (secondary N) is 2. The summed E-state index contributed by atoms with van der Waals surface area (Å²) in [7, 11) is -2.44. The number of carbonyl (C=O) groups is 2. The molecule has 0 unspecified atom stereocenters. The third kappa shape index (κ3) is 6.12. The number of likely N-dealkylation sites (N-methyl/N-ethyl adjacent to an activating group) is 1. The average molecular weight is 486 g/mol. The summed E-state index contributed by atoms with van der Waals surface area (Å²) >= 11 is 6.05. The summed E-state index contributed by atoms with van der Waals surface area (Å²) in [4.78, 5) is 26.6. The Morgan fingerprint density at radius 1 is 0.970 bits per heavy atom. The van der Waals surface area contributed by atoms with Crippen LogP contribution in [-0.4, -0.2) is 38.7 Å². The summed E-state index contributed by atoms with van der Waals surface area (Å²) in [5, 5.41) is 3.04. The van der Waals surface area contributed by atoms with E-state index in [1.165, 1.54) is 24.1 Å². The fourth-order valence-corrected chi connectivity index (χ4v) is 4.35. The van der Waals surface area contributed by atoms with Crippen LogP contribution in [0.15, 0.2) is 71.6 Å². The van der Waals surface area contributed by atoms with Crippen LogP contribution in [0, 0.1) is 13.8 Å². The number of benzene rings is 3. The van der Waals surface area contributed by atoms with Crippen molar-refractivity contribution in [1.29, 1.82) is 0 Å². The lowest BCUT2D eigenvalue weighted by atomic mass is 10.1. The lowest BCUT2D eigenvalue weighted by molar-refractivity contribution is -0.116. The molecule has 2 N–H and O–H groups in total. The van der Waals surface area contributed by atoms with Crippen molar-refractivity contribution < 1.29 is 18.0 Å². The van der Waals surface area contributed by atoms with Crippen molar-refractivity contribution in [2.45, 2.75) is 18.7 Å². The first-order valence-electron chi connectivity index (χ1n) is 10.1. The summed E-state index contributed by atoms with van der Waals surface area (Å²) in [5.74, 6) is -0.907. The molecule has 3 rings (SSSR count). The Hall–Kier alpha value is -3.36. The number of nitrogens with zero attached hydrogens (tertiary/aromatic N) is 1. The molecule has 0 saturated heterocycles. The van der Waals surface area contributed by atoms with Gasteiger partial charge in [-0.25, -0.2) is 8.42 Å². The Balaban J connectivity index is 1.76. The Morgan fingerprint density at radius 3 is 2.30 bits per heavy atom. The monoisotopic (exact) mass is 485 g/mol. The molecule has 0 fully saturated rings. The van der Waals surface area contributed by atoms with Gasteiger partial charge in [-0.3, -0.25) is 14.3 Å². The quantitative estimate of drug-likeness (QED) is 0.516. The van der Waals surface area contributed by atoms with E-state index in [1.807, 2.05) is 6.92 Å². The van der Waals surface area contributed by atoms with E-state index in [1.54, 1.807) is 61.5 Å². The summed E-state index contributed by atoms with van der Waals surface area (Å²) in [5.41, 5.74) is 2.64. The highest BCUT2D eigenvalue weighted by Gasteiger charge is 2.21. The molecular formula is C24H24ClN3O4S. The van der Waals surface area contributed by atoms with Gasteiger partial charge in [-0.05, 0) is 55.8 Å². The molecular weight excluding hydrogens is 462 g/mol. The van der Waals surface area contributed by atoms with E-state index in [4.69, 9.17) is 11.6 Å². The van der Waals surface area contributed by atoms with E-state index < -0.39 is 21.8 Å². The molecule has 7 nitrogen and oxygen atoms in total. The van der Waals surface area contributed by atoms with Gasteiger partial charge < -0.3 is 10.2 Å². The van der Waals surface area contributed by atoms with Crippen LogP contribution in [0.1, 0.15) is 21.5 Å². The molecule has 3 aromatic rings. The summed E-state index contributed by atoms with van der Waals surface area (Å²) < 4.78 is 28.2. The van der Waals surface area contributed by atoms with Crippen molar-refractivity contribution in [2.24, 2.45) is 0 Å². The zero-order chi connectivity index (χ0) is 24.2. The van der Waals surface area contributed by atoms with Gasteiger partial charge in [-0.2, -0.15) is 0 Å². The maximum atomic E-state index is 13.0. The number of rotatable bonds is 7. The smallest absolute Gasteiger partial charge is 0.261 e. The fourth-order valence-electron chi connectivity index (χ4n) is 3.08. The standard InChI is InChI=1S/C24H24ClN3O4S/c1-16-8-11-18(12-9-16)27-33(31,32)19-13-10-17(2)20(14-19)24(30)28(3)15-23(29)26-22-7-5-4-6-21(22)25/h4-14,27H,15H2,1-3H3,(H,26,29). The summed E-state index contributed by atoms with van der Waals surface area (Å²) in [6.07, 6.45) is 0. The van der Waals surface area contributed by atoms with Crippen LogP contribution in [0.4, 0.5) is 11.4 Å². The highest BCUT2D eigenvalue weighted by molar-refractivity contribution is 7.92. The molecule has 0 saturated carbocycles. The number of hydrogen-bond acceptors (Lipinski definition) is 4. The minimum Gasteiger partial charge on any atom is -0.332 e. The number of amides is 2. The van der Waals surface area contributed by atoms with Crippen LogP contribution < -0.4 is 10.0 Å². The summed E-state index contributed by atoms with van der Waals surface area (Å²) in [6.45, 7) is 3.37.